The predicted octanol–water partition coefficient (Wildman–Crippen LogP) is 3.96. The highest BCUT2D eigenvalue weighted by molar-refractivity contribution is 6.07. The number of imide groups is 1. The smallest absolute Gasteiger partial charge is 0.312 e. The molecule has 158 valence electrons. The fourth-order valence-electron chi connectivity index (χ4n) is 4.94. The fourth-order valence-corrected chi connectivity index (χ4v) is 4.94. The lowest BCUT2D eigenvalue weighted by atomic mass is 9.84. The third kappa shape index (κ3) is 3.52. The molecule has 5 nitrogen and oxygen atoms in total. The summed E-state index contributed by atoms with van der Waals surface area (Å²) in [6, 6.07) is 21.0. The Labute approximate surface area is 179 Å². The lowest BCUT2D eigenvalue weighted by Crippen LogP contribution is -2.56. The van der Waals surface area contributed by atoms with Crippen molar-refractivity contribution < 1.29 is 9.59 Å². The van der Waals surface area contributed by atoms with E-state index in [1.807, 2.05) is 13.8 Å². The van der Waals surface area contributed by atoms with Crippen LogP contribution in [-0.4, -0.2) is 64.9 Å². The predicted molar refractivity (Wildman–Crippen MR) is 118 cm³/mol. The molecule has 0 radical (unpaired) electrons. The Morgan fingerprint density at radius 3 is 1.80 bits per heavy atom. The van der Waals surface area contributed by atoms with E-state index in [1.165, 1.54) is 16.0 Å². The Kier molecular flexibility index (Phi) is 5.65. The first-order valence-electron chi connectivity index (χ1n) is 10.9. The molecule has 4 rings (SSSR count). The number of hydrogen-bond donors (Lipinski definition) is 0. The first-order valence-corrected chi connectivity index (χ1v) is 10.9. The number of likely N-dealkylation sites (N-methyl/N-ethyl adjacent to an activating group) is 1. The summed E-state index contributed by atoms with van der Waals surface area (Å²) in [5.74, 6) is 0.263. The molecule has 0 unspecified atom stereocenters. The Morgan fingerprint density at radius 2 is 1.37 bits per heavy atom. The number of piperidine rings is 1. The van der Waals surface area contributed by atoms with Gasteiger partial charge in [0.15, 0.2) is 0 Å². The number of carbonyl (C=O) groups excluding carboxylic acids is 2. The Bertz CT molecular complexity index is 850. The number of amides is 3. The second-order valence-corrected chi connectivity index (χ2v) is 8.82. The summed E-state index contributed by atoms with van der Waals surface area (Å²) >= 11 is 0. The first-order chi connectivity index (χ1) is 14.4. The molecule has 2 fully saturated rings. The second kappa shape index (κ2) is 8.23. The molecule has 0 saturated carbocycles. The van der Waals surface area contributed by atoms with E-state index < -0.39 is 5.54 Å². The summed E-state index contributed by atoms with van der Waals surface area (Å²) in [5, 5.41) is 0. The first kappa shape index (κ1) is 20.6. The molecule has 30 heavy (non-hydrogen) atoms. The molecule has 2 heterocycles. The van der Waals surface area contributed by atoms with Gasteiger partial charge in [0.1, 0.15) is 5.54 Å². The maximum absolute atomic E-state index is 13.2. The Hall–Kier alpha value is -2.66. The van der Waals surface area contributed by atoms with Gasteiger partial charge in [-0.2, -0.15) is 0 Å². The van der Waals surface area contributed by atoms with Crippen molar-refractivity contribution in [2.24, 2.45) is 0 Å². The summed E-state index contributed by atoms with van der Waals surface area (Å²) in [5.41, 5.74) is 1.94. The van der Waals surface area contributed by atoms with Crippen LogP contribution in [0.5, 0.6) is 0 Å². The zero-order valence-electron chi connectivity index (χ0n) is 18.1. The van der Waals surface area contributed by atoms with Gasteiger partial charge in [-0.3, -0.25) is 9.69 Å². The van der Waals surface area contributed by atoms with Crippen molar-refractivity contribution in [1.82, 2.24) is 14.7 Å². The van der Waals surface area contributed by atoms with E-state index in [1.54, 1.807) is 11.9 Å². The van der Waals surface area contributed by atoms with E-state index in [0.29, 0.717) is 12.8 Å². The lowest BCUT2D eigenvalue weighted by molar-refractivity contribution is -0.136. The maximum Gasteiger partial charge on any atom is 0.327 e. The summed E-state index contributed by atoms with van der Waals surface area (Å²) in [6.07, 6.45) is 1.38. The molecule has 1 spiro atoms. The van der Waals surface area contributed by atoms with Gasteiger partial charge >= 0.3 is 6.03 Å². The second-order valence-electron chi connectivity index (χ2n) is 8.82. The standard InChI is InChI=1S/C25H31N3O2/c1-19(2)28-23(29)25(26(3)24(28)30)14-16-27(17-15-25)18-22(20-10-6-4-7-11-20)21-12-8-5-9-13-21/h4-13,19,22H,14-18H2,1-3H3. The highest BCUT2D eigenvalue weighted by Gasteiger charge is 2.57. The molecular weight excluding hydrogens is 374 g/mol. The van der Waals surface area contributed by atoms with Crippen molar-refractivity contribution in [2.45, 2.75) is 44.2 Å². The van der Waals surface area contributed by atoms with Gasteiger partial charge in [-0.15, -0.1) is 0 Å². The number of rotatable bonds is 5. The van der Waals surface area contributed by atoms with Gasteiger partial charge in [-0.05, 0) is 37.8 Å². The van der Waals surface area contributed by atoms with Crippen molar-refractivity contribution in [3.8, 4) is 0 Å². The number of carbonyl (C=O) groups is 2. The molecule has 0 atom stereocenters. The van der Waals surface area contributed by atoms with Gasteiger partial charge in [-0.25, -0.2) is 4.79 Å². The minimum atomic E-state index is -0.674. The Morgan fingerprint density at radius 1 is 0.867 bits per heavy atom. The molecular formula is C25H31N3O2. The molecule has 2 saturated heterocycles. The minimum absolute atomic E-state index is 0.0210. The largest absolute Gasteiger partial charge is 0.327 e. The minimum Gasteiger partial charge on any atom is -0.312 e. The van der Waals surface area contributed by atoms with Gasteiger partial charge in [0.25, 0.3) is 5.91 Å². The third-order valence-electron chi connectivity index (χ3n) is 6.80. The third-order valence-corrected chi connectivity index (χ3v) is 6.80. The van der Waals surface area contributed by atoms with Crippen LogP contribution in [0.15, 0.2) is 60.7 Å². The summed E-state index contributed by atoms with van der Waals surface area (Å²) < 4.78 is 0. The van der Waals surface area contributed by atoms with Crippen LogP contribution >= 0.6 is 0 Å². The van der Waals surface area contributed by atoms with Crippen LogP contribution in [0.3, 0.4) is 0 Å². The summed E-state index contributed by atoms with van der Waals surface area (Å²) in [6.45, 7) is 6.34. The van der Waals surface area contributed by atoms with Gasteiger partial charge in [-0.1, -0.05) is 60.7 Å². The molecule has 0 aliphatic carbocycles. The van der Waals surface area contributed by atoms with E-state index in [4.69, 9.17) is 0 Å². The van der Waals surface area contributed by atoms with Crippen LogP contribution in [0.1, 0.15) is 43.7 Å². The Balaban J connectivity index is 1.51. The number of urea groups is 1. The zero-order valence-corrected chi connectivity index (χ0v) is 18.1. The van der Waals surface area contributed by atoms with Gasteiger partial charge in [0.05, 0.1) is 0 Å². The summed E-state index contributed by atoms with van der Waals surface area (Å²) in [7, 11) is 1.79. The highest BCUT2D eigenvalue weighted by atomic mass is 16.2. The van der Waals surface area contributed by atoms with Crippen LogP contribution in [-0.2, 0) is 4.79 Å². The van der Waals surface area contributed by atoms with Crippen molar-refractivity contribution in [1.29, 1.82) is 0 Å². The number of benzene rings is 2. The lowest BCUT2D eigenvalue weighted by Gasteiger charge is -2.42. The molecule has 0 bridgehead atoms. The fraction of sp³-hybridized carbons (Fsp3) is 0.440. The van der Waals surface area contributed by atoms with Crippen LogP contribution < -0.4 is 0 Å². The topological polar surface area (TPSA) is 43.9 Å². The quantitative estimate of drug-likeness (QED) is 0.708. The monoisotopic (exact) mass is 405 g/mol. The molecule has 2 aliphatic heterocycles. The number of likely N-dealkylation sites (tertiary alicyclic amines) is 1. The van der Waals surface area contributed by atoms with Crippen molar-refractivity contribution >= 4 is 11.9 Å². The maximum atomic E-state index is 13.2. The van der Waals surface area contributed by atoms with Gasteiger partial charge < -0.3 is 9.80 Å². The van der Waals surface area contributed by atoms with Gasteiger partial charge in [0.2, 0.25) is 0 Å². The number of hydrogen-bond acceptors (Lipinski definition) is 3. The van der Waals surface area contributed by atoms with E-state index >= 15 is 0 Å². The average Bonchev–Trinajstić information content (AvgIpc) is 2.95. The van der Waals surface area contributed by atoms with Crippen LogP contribution in [0.25, 0.3) is 0 Å². The molecule has 0 N–H and O–H groups in total. The van der Waals surface area contributed by atoms with E-state index in [9.17, 15) is 9.59 Å². The molecule has 5 heteroatoms. The van der Waals surface area contributed by atoms with E-state index in [2.05, 4.69) is 65.6 Å². The SMILES string of the molecule is CC(C)N1C(=O)N(C)C2(CCN(CC(c3ccccc3)c3ccccc3)CC2)C1=O. The van der Waals surface area contributed by atoms with Crippen LogP contribution in [0.4, 0.5) is 4.79 Å². The van der Waals surface area contributed by atoms with Crippen LogP contribution in [0, 0.1) is 0 Å². The molecule has 2 aromatic rings. The molecule has 0 aromatic heterocycles. The zero-order chi connectivity index (χ0) is 21.3. The van der Waals surface area contributed by atoms with E-state index in [-0.39, 0.29) is 23.9 Å². The molecule has 2 aliphatic rings. The van der Waals surface area contributed by atoms with Crippen LogP contribution in [0.2, 0.25) is 0 Å². The normalized spacial score (nSPS) is 19.5. The van der Waals surface area contributed by atoms with Gasteiger partial charge in [0, 0.05) is 38.6 Å². The highest BCUT2D eigenvalue weighted by Crippen LogP contribution is 2.38. The number of nitrogens with zero attached hydrogens (tertiary/aromatic N) is 3. The van der Waals surface area contributed by atoms with Crippen molar-refractivity contribution in [3.05, 3.63) is 71.8 Å². The average molecular weight is 406 g/mol. The van der Waals surface area contributed by atoms with Crippen molar-refractivity contribution in [2.75, 3.05) is 26.7 Å². The van der Waals surface area contributed by atoms with E-state index in [0.717, 1.165) is 19.6 Å². The van der Waals surface area contributed by atoms with Crippen molar-refractivity contribution in [3.63, 3.8) is 0 Å². The molecule has 3 amide bonds. The molecule has 2 aromatic carbocycles. The summed E-state index contributed by atoms with van der Waals surface area (Å²) in [4.78, 5) is 31.4.